The average Bonchev–Trinajstić information content (AvgIpc) is 3.01. The van der Waals surface area contributed by atoms with Gasteiger partial charge in [0.15, 0.2) is 17.5 Å². The van der Waals surface area contributed by atoms with Gasteiger partial charge in [-0.15, -0.1) is 0 Å². The number of benzene rings is 1. The Morgan fingerprint density at radius 2 is 2.04 bits per heavy atom. The van der Waals surface area contributed by atoms with Crippen molar-refractivity contribution in [2.45, 2.75) is 37.6 Å². The van der Waals surface area contributed by atoms with Crippen LogP contribution in [0.3, 0.4) is 0 Å². The van der Waals surface area contributed by atoms with Gasteiger partial charge in [0.2, 0.25) is 0 Å². The van der Waals surface area contributed by atoms with Crippen molar-refractivity contribution < 1.29 is 13.2 Å². The number of halogens is 3. The number of aliphatic imine (C=N–C) groups is 1. The Morgan fingerprint density at radius 1 is 1.22 bits per heavy atom. The second-order valence-electron chi connectivity index (χ2n) is 7.19. The Morgan fingerprint density at radius 3 is 2.78 bits per heavy atom. The van der Waals surface area contributed by atoms with Gasteiger partial charge in [0.25, 0.3) is 0 Å². The molecule has 8 heteroatoms. The minimum Gasteiger partial charge on any atom is -0.272 e. The summed E-state index contributed by atoms with van der Waals surface area (Å²) in [7, 11) is 0. The van der Waals surface area contributed by atoms with E-state index in [-0.39, 0.29) is 22.1 Å². The molecule has 0 bridgehead atoms. The fourth-order valence-electron chi connectivity index (χ4n) is 3.26. The predicted molar refractivity (Wildman–Crippen MR) is 100 cm³/mol. The van der Waals surface area contributed by atoms with E-state index in [9.17, 15) is 13.2 Å². The van der Waals surface area contributed by atoms with Crippen molar-refractivity contribution in [3.8, 4) is 0 Å². The number of nitrogens with zero attached hydrogens (tertiary/aromatic N) is 4. The molecule has 1 aromatic carbocycles. The molecule has 1 aliphatic heterocycles. The quantitative estimate of drug-likeness (QED) is 0.658. The number of hydrogen-bond acceptors (Lipinski definition) is 4. The number of pyridine rings is 1. The Labute approximate surface area is 158 Å². The highest BCUT2D eigenvalue weighted by Crippen LogP contribution is 2.38. The highest BCUT2D eigenvalue weighted by molar-refractivity contribution is 8.15. The number of rotatable bonds is 3. The van der Waals surface area contributed by atoms with Crippen LogP contribution < -0.4 is 0 Å². The van der Waals surface area contributed by atoms with Crippen molar-refractivity contribution in [2.24, 2.45) is 4.99 Å². The summed E-state index contributed by atoms with van der Waals surface area (Å²) in [6, 6.07) is 4.30. The number of thioether (sulfide) groups is 1. The zero-order chi connectivity index (χ0) is 19.2. The first kappa shape index (κ1) is 18.0. The Hall–Kier alpha value is -2.35. The summed E-state index contributed by atoms with van der Waals surface area (Å²) in [6.07, 6.45) is 4.85. The molecule has 1 atom stereocenters. The zero-order valence-electron chi connectivity index (χ0n) is 14.8. The van der Waals surface area contributed by atoms with Crippen molar-refractivity contribution >= 4 is 27.7 Å². The molecule has 0 radical (unpaired) electrons. The monoisotopic (exact) mass is 390 g/mol. The van der Waals surface area contributed by atoms with E-state index in [4.69, 9.17) is 4.99 Å². The van der Waals surface area contributed by atoms with Gasteiger partial charge in [0, 0.05) is 21.9 Å². The lowest BCUT2D eigenvalue weighted by Gasteiger charge is -2.33. The molecule has 140 valence electrons. The molecule has 4 nitrogen and oxygen atoms in total. The summed E-state index contributed by atoms with van der Waals surface area (Å²) >= 11 is 1.62. The SMILES string of the molecule is CC1(C)CC(Cn2cc(F)cn2)N=C(c2cnc3c(F)c(F)ccc3c2)S1. The van der Waals surface area contributed by atoms with Crippen LogP contribution in [0, 0.1) is 17.5 Å². The van der Waals surface area contributed by atoms with Crippen molar-refractivity contribution in [3.63, 3.8) is 0 Å². The maximum Gasteiger partial charge on any atom is 0.184 e. The number of hydrogen-bond donors (Lipinski definition) is 0. The normalized spacial score (nSPS) is 19.3. The van der Waals surface area contributed by atoms with E-state index in [2.05, 4.69) is 23.9 Å². The molecule has 0 aliphatic carbocycles. The Bertz CT molecular complexity index is 1040. The first-order chi connectivity index (χ1) is 12.8. The minimum absolute atomic E-state index is 0.00276. The van der Waals surface area contributed by atoms with Gasteiger partial charge in [-0.2, -0.15) is 5.10 Å². The van der Waals surface area contributed by atoms with Crippen LogP contribution in [0.2, 0.25) is 0 Å². The lowest BCUT2D eigenvalue weighted by atomic mass is 10.0. The van der Waals surface area contributed by atoms with E-state index >= 15 is 0 Å². The molecule has 3 heterocycles. The third-order valence-corrected chi connectivity index (χ3v) is 5.64. The molecule has 4 rings (SSSR count). The second kappa shape index (κ2) is 6.67. The Kier molecular flexibility index (Phi) is 4.46. The molecule has 0 saturated heterocycles. The van der Waals surface area contributed by atoms with E-state index in [1.165, 1.54) is 24.7 Å². The standard InChI is InChI=1S/C19H17F3N4S/c1-19(2)6-14(10-26-9-13(20)8-24-26)25-18(27-19)12-5-11-3-4-15(21)16(22)17(11)23-7-12/h3-5,7-9,14H,6,10H2,1-2H3. The molecular weight excluding hydrogens is 373 g/mol. The summed E-state index contributed by atoms with van der Waals surface area (Å²) in [5.74, 6) is -2.24. The van der Waals surface area contributed by atoms with Crippen LogP contribution in [0.5, 0.6) is 0 Å². The molecule has 27 heavy (non-hydrogen) atoms. The molecule has 1 aliphatic rings. The average molecular weight is 390 g/mol. The van der Waals surface area contributed by atoms with Crippen molar-refractivity contribution in [3.05, 3.63) is 59.8 Å². The van der Waals surface area contributed by atoms with Crippen molar-refractivity contribution in [1.82, 2.24) is 14.8 Å². The van der Waals surface area contributed by atoms with E-state index < -0.39 is 11.6 Å². The van der Waals surface area contributed by atoms with Gasteiger partial charge in [0.05, 0.1) is 25.0 Å². The topological polar surface area (TPSA) is 43.1 Å². The zero-order valence-corrected chi connectivity index (χ0v) is 15.6. The number of aromatic nitrogens is 3. The first-order valence-electron chi connectivity index (χ1n) is 8.50. The van der Waals surface area contributed by atoms with Gasteiger partial charge >= 0.3 is 0 Å². The summed E-state index contributed by atoms with van der Waals surface area (Å²) in [6.45, 7) is 4.71. The van der Waals surface area contributed by atoms with Gasteiger partial charge in [-0.1, -0.05) is 25.6 Å². The number of fused-ring (bicyclic) bond motifs is 1. The van der Waals surface area contributed by atoms with Crippen LogP contribution in [0.4, 0.5) is 13.2 Å². The lowest BCUT2D eigenvalue weighted by Crippen LogP contribution is -2.32. The smallest absolute Gasteiger partial charge is 0.184 e. The van der Waals surface area contributed by atoms with Gasteiger partial charge in [-0.3, -0.25) is 14.7 Å². The van der Waals surface area contributed by atoms with Crippen LogP contribution in [0.1, 0.15) is 25.8 Å². The molecule has 0 amide bonds. The van der Waals surface area contributed by atoms with Gasteiger partial charge in [-0.05, 0) is 24.6 Å². The van der Waals surface area contributed by atoms with Crippen LogP contribution in [0.25, 0.3) is 10.9 Å². The molecule has 1 unspecified atom stereocenters. The molecule has 2 aromatic heterocycles. The largest absolute Gasteiger partial charge is 0.272 e. The fourth-order valence-corrected chi connectivity index (χ4v) is 4.49. The highest BCUT2D eigenvalue weighted by atomic mass is 32.2. The molecule has 0 spiro atoms. The fraction of sp³-hybridized carbons (Fsp3) is 0.316. The van der Waals surface area contributed by atoms with Gasteiger partial charge in [0.1, 0.15) is 10.6 Å². The van der Waals surface area contributed by atoms with E-state index in [0.717, 1.165) is 23.1 Å². The van der Waals surface area contributed by atoms with Crippen LogP contribution in [-0.2, 0) is 6.54 Å². The molecule has 3 aromatic rings. The van der Waals surface area contributed by atoms with E-state index in [1.54, 1.807) is 22.5 Å². The highest BCUT2D eigenvalue weighted by Gasteiger charge is 2.32. The van der Waals surface area contributed by atoms with Crippen molar-refractivity contribution in [1.29, 1.82) is 0 Å². The maximum absolute atomic E-state index is 13.9. The summed E-state index contributed by atoms with van der Waals surface area (Å²) in [4.78, 5) is 8.89. The predicted octanol–water partition coefficient (Wildman–Crippen LogP) is 4.58. The summed E-state index contributed by atoms with van der Waals surface area (Å²) in [5.41, 5.74) is 0.755. The van der Waals surface area contributed by atoms with Gasteiger partial charge < -0.3 is 0 Å². The molecule has 0 N–H and O–H groups in total. The van der Waals surface area contributed by atoms with E-state index in [0.29, 0.717) is 11.9 Å². The van der Waals surface area contributed by atoms with Crippen molar-refractivity contribution in [2.75, 3.05) is 0 Å². The molecule has 0 fully saturated rings. The summed E-state index contributed by atoms with van der Waals surface area (Å²) < 4.78 is 41.9. The second-order valence-corrected chi connectivity index (χ2v) is 8.89. The third kappa shape index (κ3) is 3.71. The minimum atomic E-state index is -0.948. The summed E-state index contributed by atoms with van der Waals surface area (Å²) in [5, 5.41) is 5.29. The molecular formula is C19H17F3N4S. The maximum atomic E-state index is 13.9. The Balaban J connectivity index is 1.70. The van der Waals surface area contributed by atoms with Crippen LogP contribution in [-0.4, -0.2) is 30.6 Å². The van der Waals surface area contributed by atoms with Gasteiger partial charge in [-0.25, -0.2) is 13.2 Å². The van der Waals surface area contributed by atoms with Crippen LogP contribution in [0.15, 0.2) is 41.8 Å². The van der Waals surface area contributed by atoms with E-state index in [1.807, 2.05) is 0 Å². The molecule has 0 saturated carbocycles. The van der Waals surface area contributed by atoms with Crippen LogP contribution >= 0.6 is 11.8 Å². The lowest BCUT2D eigenvalue weighted by molar-refractivity contribution is 0.446. The first-order valence-corrected chi connectivity index (χ1v) is 9.31. The third-order valence-electron chi connectivity index (χ3n) is 4.39.